The van der Waals surface area contributed by atoms with Gasteiger partial charge in [-0.25, -0.2) is 0 Å². The van der Waals surface area contributed by atoms with Crippen LogP contribution in [0.25, 0.3) is 0 Å². The van der Waals surface area contributed by atoms with E-state index in [2.05, 4.69) is 12.6 Å². The van der Waals surface area contributed by atoms with Gasteiger partial charge in [-0.3, -0.25) is 4.79 Å². The molecule has 1 unspecified atom stereocenters. The van der Waals surface area contributed by atoms with E-state index in [9.17, 15) is 4.79 Å². The first-order chi connectivity index (χ1) is 5.37. The van der Waals surface area contributed by atoms with Crippen LogP contribution < -0.4 is 0 Å². The summed E-state index contributed by atoms with van der Waals surface area (Å²) in [6.07, 6.45) is 1.73. The molecule has 0 aromatic rings. The van der Waals surface area contributed by atoms with Gasteiger partial charge >= 0.3 is 5.97 Å². The molecule has 0 rings (SSSR count). The molecule has 3 heteroatoms. The number of thiol groups is 1. The lowest BCUT2D eigenvalue weighted by Crippen LogP contribution is -2.29. The van der Waals surface area contributed by atoms with E-state index in [1.54, 1.807) is 0 Å². The normalized spacial score (nSPS) is 14.1. The minimum Gasteiger partial charge on any atom is -0.459 e. The largest absolute Gasteiger partial charge is 0.459 e. The molecule has 0 aromatic carbocycles. The molecular formula is C9H18O2S. The fourth-order valence-corrected chi connectivity index (χ4v) is 1.07. The Balaban J connectivity index is 3.87. The monoisotopic (exact) mass is 190 g/mol. The van der Waals surface area contributed by atoms with E-state index in [0.29, 0.717) is 0 Å². The van der Waals surface area contributed by atoms with Crippen LogP contribution in [0.1, 0.15) is 40.5 Å². The van der Waals surface area contributed by atoms with Gasteiger partial charge in [0, 0.05) is 0 Å². The Morgan fingerprint density at radius 2 is 2.00 bits per heavy atom. The van der Waals surface area contributed by atoms with Gasteiger partial charge in [0.1, 0.15) is 5.60 Å². The maximum Gasteiger partial charge on any atom is 0.319 e. The predicted octanol–water partition coefficient (Wildman–Crippen LogP) is 2.43. The van der Waals surface area contributed by atoms with Gasteiger partial charge in [0.15, 0.2) is 0 Å². The number of carbonyl (C=O) groups excluding carboxylic acids is 1. The molecular weight excluding hydrogens is 172 g/mol. The van der Waals surface area contributed by atoms with Crippen LogP contribution in [-0.4, -0.2) is 16.8 Å². The first kappa shape index (κ1) is 11.8. The lowest BCUT2D eigenvalue weighted by atomic mass is 10.2. The summed E-state index contributed by atoms with van der Waals surface area (Å²) in [5.41, 5.74) is -0.397. The summed E-state index contributed by atoms with van der Waals surface area (Å²) in [6.45, 7) is 7.60. The van der Waals surface area contributed by atoms with Crippen molar-refractivity contribution in [2.45, 2.75) is 51.4 Å². The second-order valence-corrected chi connectivity index (χ2v) is 4.46. The van der Waals surface area contributed by atoms with Crippen LogP contribution in [0.2, 0.25) is 0 Å². The Labute approximate surface area is 80.1 Å². The maximum atomic E-state index is 11.2. The molecule has 0 heterocycles. The summed E-state index contributed by atoms with van der Waals surface area (Å²) in [4.78, 5) is 11.2. The van der Waals surface area contributed by atoms with Gasteiger partial charge in [0.2, 0.25) is 0 Å². The first-order valence-corrected chi connectivity index (χ1v) is 4.79. The molecule has 0 aromatic heterocycles. The van der Waals surface area contributed by atoms with E-state index in [1.807, 2.05) is 27.7 Å². The van der Waals surface area contributed by atoms with Gasteiger partial charge in [0.25, 0.3) is 0 Å². The number of carbonyl (C=O) groups is 1. The highest BCUT2D eigenvalue weighted by Gasteiger charge is 2.21. The van der Waals surface area contributed by atoms with Crippen LogP contribution in [0.5, 0.6) is 0 Å². The average Bonchev–Trinajstić information content (AvgIpc) is 1.84. The van der Waals surface area contributed by atoms with Gasteiger partial charge in [0.05, 0.1) is 5.25 Å². The lowest BCUT2D eigenvalue weighted by Gasteiger charge is -2.21. The molecule has 0 saturated heterocycles. The smallest absolute Gasteiger partial charge is 0.319 e. The summed E-state index contributed by atoms with van der Waals surface area (Å²) in [5.74, 6) is -0.215. The van der Waals surface area contributed by atoms with E-state index >= 15 is 0 Å². The van der Waals surface area contributed by atoms with E-state index in [-0.39, 0.29) is 11.2 Å². The third-order valence-corrected chi connectivity index (χ3v) is 1.71. The van der Waals surface area contributed by atoms with Gasteiger partial charge in [-0.1, -0.05) is 13.3 Å². The molecule has 0 aliphatic rings. The molecule has 2 nitrogen and oxygen atoms in total. The van der Waals surface area contributed by atoms with Crippen LogP contribution in [0, 0.1) is 0 Å². The van der Waals surface area contributed by atoms with Crippen molar-refractivity contribution in [3.63, 3.8) is 0 Å². The second kappa shape index (κ2) is 4.75. The highest BCUT2D eigenvalue weighted by molar-refractivity contribution is 7.81. The summed E-state index contributed by atoms with van der Waals surface area (Å²) >= 11 is 4.14. The van der Waals surface area contributed by atoms with Gasteiger partial charge in [-0.15, -0.1) is 0 Å². The highest BCUT2D eigenvalue weighted by atomic mass is 32.1. The van der Waals surface area contributed by atoms with E-state index in [1.165, 1.54) is 0 Å². The van der Waals surface area contributed by atoms with Crippen LogP contribution in [-0.2, 0) is 9.53 Å². The Kier molecular flexibility index (Phi) is 4.68. The third-order valence-electron chi connectivity index (χ3n) is 1.24. The standard InChI is InChI=1S/C9H18O2S/c1-5-6-7(12)8(10)11-9(2,3)4/h7,12H,5-6H2,1-4H3. The lowest BCUT2D eigenvalue weighted by molar-refractivity contribution is -0.154. The summed E-state index contributed by atoms with van der Waals surface area (Å²) < 4.78 is 5.14. The molecule has 0 spiro atoms. The van der Waals surface area contributed by atoms with E-state index in [0.717, 1.165) is 12.8 Å². The Morgan fingerprint density at radius 3 is 2.33 bits per heavy atom. The number of ether oxygens (including phenoxy) is 1. The highest BCUT2D eigenvalue weighted by Crippen LogP contribution is 2.13. The van der Waals surface area contributed by atoms with Crippen LogP contribution in [0.4, 0.5) is 0 Å². The molecule has 72 valence electrons. The zero-order chi connectivity index (χ0) is 9.78. The zero-order valence-corrected chi connectivity index (χ0v) is 9.15. The van der Waals surface area contributed by atoms with Gasteiger partial charge in [-0.2, -0.15) is 12.6 Å². The van der Waals surface area contributed by atoms with Crippen molar-refractivity contribution in [1.82, 2.24) is 0 Å². The predicted molar refractivity (Wildman–Crippen MR) is 53.5 cm³/mol. The van der Waals surface area contributed by atoms with Gasteiger partial charge < -0.3 is 4.74 Å². The molecule has 0 radical (unpaired) electrons. The minimum absolute atomic E-state index is 0.215. The van der Waals surface area contributed by atoms with Crippen molar-refractivity contribution in [3.8, 4) is 0 Å². The minimum atomic E-state index is -0.397. The molecule has 0 saturated carbocycles. The van der Waals surface area contributed by atoms with Gasteiger partial charge in [-0.05, 0) is 27.2 Å². The molecule has 0 aliphatic carbocycles. The van der Waals surface area contributed by atoms with Crippen molar-refractivity contribution in [3.05, 3.63) is 0 Å². The van der Waals surface area contributed by atoms with Crippen molar-refractivity contribution < 1.29 is 9.53 Å². The summed E-state index contributed by atoms with van der Waals surface area (Å²) in [6, 6.07) is 0. The molecule has 1 atom stereocenters. The molecule has 12 heavy (non-hydrogen) atoms. The number of hydrogen-bond acceptors (Lipinski definition) is 3. The second-order valence-electron chi connectivity index (χ2n) is 3.84. The molecule has 0 fully saturated rings. The summed E-state index contributed by atoms with van der Waals surface area (Å²) in [7, 11) is 0. The third kappa shape index (κ3) is 5.47. The number of hydrogen-bond donors (Lipinski definition) is 1. The topological polar surface area (TPSA) is 26.3 Å². The Bertz CT molecular complexity index is 149. The SMILES string of the molecule is CCCC(S)C(=O)OC(C)(C)C. The van der Waals surface area contributed by atoms with Crippen molar-refractivity contribution in [2.75, 3.05) is 0 Å². The maximum absolute atomic E-state index is 11.2. The molecule has 0 aliphatic heterocycles. The Morgan fingerprint density at radius 1 is 1.50 bits per heavy atom. The van der Waals surface area contributed by atoms with Crippen LogP contribution in [0.3, 0.4) is 0 Å². The fraction of sp³-hybridized carbons (Fsp3) is 0.889. The molecule has 0 bridgehead atoms. The van der Waals surface area contributed by atoms with Crippen molar-refractivity contribution >= 4 is 18.6 Å². The van der Waals surface area contributed by atoms with Crippen LogP contribution >= 0.6 is 12.6 Å². The number of esters is 1. The fourth-order valence-electron chi connectivity index (χ4n) is 0.761. The summed E-state index contributed by atoms with van der Waals surface area (Å²) in [5, 5.41) is -0.269. The first-order valence-electron chi connectivity index (χ1n) is 4.27. The van der Waals surface area contributed by atoms with Crippen molar-refractivity contribution in [1.29, 1.82) is 0 Å². The Hall–Kier alpha value is -0.180. The average molecular weight is 190 g/mol. The quantitative estimate of drug-likeness (QED) is 0.546. The number of rotatable bonds is 3. The van der Waals surface area contributed by atoms with Crippen LogP contribution in [0.15, 0.2) is 0 Å². The van der Waals surface area contributed by atoms with Crippen molar-refractivity contribution in [2.24, 2.45) is 0 Å². The molecule has 0 N–H and O–H groups in total. The van der Waals surface area contributed by atoms with E-state index in [4.69, 9.17) is 4.74 Å². The molecule has 0 amide bonds. The zero-order valence-electron chi connectivity index (χ0n) is 8.26. The van der Waals surface area contributed by atoms with E-state index < -0.39 is 5.60 Å².